The summed E-state index contributed by atoms with van der Waals surface area (Å²) < 4.78 is 5.35. The molecule has 137 valence electrons. The average molecular weight is 345 g/mol. The van der Waals surface area contributed by atoms with Gasteiger partial charge in [-0.2, -0.15) is 0 Å². The van der Waals surface area contributed by atoms with Crippen LogP contribution in [0.25, 0.3) is 0 Å². The zero-order chi connectivity index (χ0) is 17.7. The van der Waals surface area contributed by atoms with Gasteiger partial charge in [-0.1, -0.05) is 37.3 Å². The van der Waals surface area contributed by atoms with Crippen LogP contribution in [0.15, 0.2) is 30.3 Å². The summed E-state index contributed by atoms with van der Waals surface area (Å²) >= 11 is 0. The van der Waals surface area contributed by atoms with Gasteiger partial charge in [0.05, 0.1) is 18.8 Å². The molecule has 5 nitrogen and oxygen atoms in total. The molecule has 5 heteroatoms. The first-order valence-electron chi connectivity index (χ1n) is 9.27. The predicted molar refractivity (Wildman–Crippen MR) is 96.9 cm³/mol. The normalized spacial score (nSPS) is 24.7. The predicted octanol–water partition coefficient (Wildman–Crippen LogP) is 2.07. The molecule has 25 heavy (non-hydrogen) atoms. The minimum Gasteiger partial charge on any atom is -0.390 e. The molecule has 1 unspecified atom stereocenters. The van der Waals surface area contributed by atoms with Gasteiger partial charge in [-0.15, -0.1) is 0 Å². The van der Waals surface area contributed by atoms with Gasteiger partial charge in [0.1, 0.15) is 0 Å². The fourth-order valence-corrected chi connectivity index (χ4v) is 3.77. The summed E-state index contributed by atoms with van der Waals surface area (Å²) in [7, 11) is 0. The highest BCUT2D eigenvalue weighted by molar-refractivity contribution is 5.77. The maximum atomic E-state index is 12.6. The Morgan fingerprint density at radius 1 is 1.36 bits per heavy atom. The van der Waals surface area contributed by atoms with E-state index in [9.17, 15) is 9.90 Å². The van der Waals surface area contributed by atoms with E-state index in [2.05, 4.69) is 24.4 Å². The summed E-state index contributed by atoms with van der Waals surface area (Å²) in [6.45, 7) is 6.46. The van der Waals surface area contributed by atoms with Gasteiger partial charge in [0.2, 0.25) is 5.91 Å². The minimum atomic E-state index is -0.694. The molecule has 0 aliphatic carbocycles. The van der Waals surface area contributed by atoms with E-state index in [-0.39, 0.29) is 17.9 Å². The second-order valence-corrected chi connectivity index (χ2v) is 7.43. The van der Waals surface area contributed by atoms with E-state index < -0.39 is 5.60 Å². The van der Waals surface area contributed by atoms with Crippen LogP contribution in [0.2, 0.25) is 0 Å². The van der Waals surface area contributed by atoms with Crippen LogP contribution in [-0.2, 0) is 9.53 Å². The van der Waals surface area contributed by atoms with E-state index in [1.807, 2.05) is 23.1 Å². The van der Waals surface area contributed by atoms with E-state index >= 15 is 0 Å². The molecule has 1 amide bonds. The number of morpholine rings is 1. The number of hydrogen-bond acceptors (Lipinski definition) is 4. The Kier molecular flexibility index (Phi) is 6.10. The molecule has 2 aliphatic heterocycles. The molecule has 3 rings (SSSR count). The summed E-state index contributed by atoms with van der Waals surface area (Å²) in [5.41, 5.74) is 0.504. The van der Waals surface area contributed by atoms with Crippen LogP contribution in [0.1, 0.15) is 44.1 Å². The van der Waals surface area contributed by atoms with Crippen molar-refractivity contribution in [2.24, 2.45) is 0 Å². The highest BCUT2D eigenvalue weighted by Crippen LogP contribution is 2.29. The third-order valence-corrected chi connectivity index (χ3v) is 5.43. The van der Waals surface area contributed by atoms with Gasteiger partial charge >= 0.3 is 0 Å². The lowest BCUT2D eigenvalue weighted by Gasteiger charge is -2.41. The van der Waals surface area contributed by atoms with E-state index in [1.54, 1.807) is 6.61 Å². The number of rotatable bonds is 5. The maximum absolute atomic E-state index is 12.6. The second kappa shape index (κ2) is 8.30. The van der Waals surface area contributed by atoms with Crippen molar-refractivity contribution in [3.63, 3.8) is 0 Å². The van der Waals surface area contributed by atoms with Crippen LogP contribution in [0, 0.1) is 6.61 Å². The fourth-order valence-electron chi connectivity index (χ4n) is 3.77. The second-order valence-electron chi connectivity index (χ2n) is 7.43. The molecular weight excluding hydrogens is 316 g/mol. The molecule has 1 aromatic rings. The summed E-state index contributed by atoms with van der Waals surface area (Å²) in [5, 5.41) is 14.2. The lowest BCUT2D eigenvalue weighted by molar-refractivity contribution is -0.136. The van der Waals surface area contributed by atoms with Crippen molar-refractivity contribution in [3.05, 3.63) is 42.5 Å². The zero-order valence-corrected chi connectivity index (χ0v) is 15.0. The molecule has 2 fully saturated rings. The Bertz CT molecular complexity index is 549. The van der Waals surface area contributed by atoms with Crippen molar-refractivity contribution >= 4 is 5.91 Å². The van der Waals surface area contributed by atoms with Crippen LogP contribution in [0.5, 0.6) is 0 Å². The molecule has 2 saturated heterocycles. The van der Waals surface area contributed by atoms with Crippen molar-refractivity contribution in [3.8, 4) is 0 Å². The lowest BCUT2D eigenvalue weighted by atomic mass is 9.85. The molecular formula is C20H29N2O3. The number of amides is 1. The summed E-state index contributed by atoms with van der Waals surface area (Å²) in [5.74, 6) is 0.404. The highest BCUT2D eigenvalue weighted by Gasteiger charge is 2.36. The van der Waals surface area contributed by atoms with Crippen LogP contribution in [0.4, 0.5) is 0 Å². The van der Waals surface area contributed by atoms with Gasteiger partial charge in [0.25, 0.3) is 0 Å². The number of hydrogen-bond donors (Lipinski definition) is 2. The summed E-state index contributed by atoms with van der Waals surface area (Å²) in [6, 6.07) is 10.4. The quantitative estimate of drug-likeness (QED) is 0.858. The molecule has 1 radical (unpaired) electrons. The van der Waals surface area contributed by atoms with E-state index in [0.717, 1.165) is 6.54 Å². The molecule has 0 aromatic heterocycles. The molecule has 2 atom stereocenters. The molecule has 0 bridgehead atoms. The fraction of sp³-hybridized carbons (Fsp3) is 0.600. The van der Waals surface area contributed by atoms with Crippen molar-refractivity contribution in [2.45, 2.75) is 50.2 Å². The van der Waals surface area contributed by atoms with Crippen molar-refractivity contribution < 1.29 is 14.6 Å². The molecule has 1 aromatic carbocycles. The van der Waals surface area contributed by atoms with Gasteiger partial charge in [-0.3, -0.25) is 4.79 Å². The van der Waals surface area contributed by atoms with Crippen molar-refractivity contribution in [1.29, 1.82) is 0 Å². The Labute approximate surface area is 150 Å². The van der Waals surface area contributed by atoms with E-state index in [1.165, 1.54) is 5.56 Å². The van der Waals surface area contributed by atoms with Gasteiger partial charge in [0.15, 0.2) is 0 Å². The summed E-state index contributed by atoms with van der Waals surface area (Å²) in [6.07, 6.45) is 2.49. The smallest absolute Gasteiger partial charge is 0.223 e. The lowest BCUT2D eigenvalue weighted by Crippen LogP contribution is -2.51. The first-order chi connectivity index (χ1) is 12.1. The Balaban J connectivity index is 1.47. The number of likely N-dealkylation sites (tertiary alicyclic amines) is 1. The number of nitrogens with one attached hydrogen (secondary N) is 1. The van der Waals surface area contributed by atoms with Crippen LogP contribution < -0.4 is 5.32 Å². The van der Waals surface area contributed by atoms with Crippen LogP contribution in [-0.4, -0.2) is 53.8 Å². The Morgan fingerprint density at radius 2 is 2.08 bits per heavy atom. The first-order valence-corrected chi connectivity index (χ1v) is 9.27. The van der Waals surface area contributed by atoms with Crippen LogP contribution >= 0.6 is 0 Å². The highest BCUT2D eigenvalue weighted by atomic mass is 16.5. The molecule has 2 heterocycles. The van der Waals surface area contributed by atoms with Gasteiger partial charge in [-0.25, -0.2) is 0 Å². The number of piperidine rings is 1. The number of carbonyl (C=O) groups excluding carboxylic acids is 1. The Morgan fingerprint density at radius 3 is 2.72 bits per heavy atom. The standard InChI is InChI=1S/C20H29N2O3/c1-16(17-5-3-2-4-6-17)13-19(23)22-10-7-20(24,8-11-22)14-18-15-25-12-9-21-18/h2-6,12,16,18,21,24H,7-11,13-15H2,1H3/t16?,18-/m1/s1. The number of aliphatic hydroxyl groups is 1. The molecule has 0 spiro atoms. The molecule has 2 N–H and O–H groups in total. The molecule has 2 aliphatic rings. The number of ether oxygens (including phenoxy) is 1. The largest absolute Gasteiger partial charge is 0.390 e. The zero-order valence-electron chi connectivity index (χ0n) is 15.0. The third-order valence-electron chi connectivity index (χ3n) is 5.43. The third kappa shape index (κ3) is 5.03. The minimum absolute atomic E-state index is 0.187. The first kappa shape index (κ1) is 18.4. The number of benzene rings is 1. The van der Waals surface area contributed by atoms with Gasteiger partial charge < -0.3 is 20.1 Å². The number of nitrogens with zero attached hydrogens (tertiary/aromatic N) is 1. The molecule has 0 saturated carbocycles. The van der Waals surface area contributed by atoms with E-state index in [4.69, 9.17) is 4.74 Å². The van der Waals surface area contributed by atoms with Crippen molar-refractivity contribution in [1.82, 2.24) is 10.2 Å². The van der Waals surface area contributed by atoms with Gasteiger partial charge in [-0.05, 0) is 30.7 Å². The van der Waals surface area contributed by atoms with E-state index in [0.29, 0.717) is 45.4 Å². The summed E-state index contributed by atoms with van der Waals surface area (Å²) in [4.78, 5) is 14.5. The topological polar surface area (TPSA) is 61.8 Å². The van der Waals surface area contributed by atoms with Crippen molar-refractivity contribution in [2.75, 3.05) is 26.2 Å². The average Bonchev–Trinajstić information content (AvgIpc) is 2.63. The maximum Gasteiger partial charge on any atom is 0.223 e. The van der Waals surface area contributed by atoms with Gasteiger partial charge in [0, 0.05) is 32.1 Å². The Hall–Kier alpha value is -1.43. The van der Waals surface area contributed by atoms with Crippen LogP contribution in [0.3, 0.4) is 0 Å². The SMILES string of the molecule is CC(CC(=O)N1CCC(O)(C[C@@H]2CO[CH]CN2)CC1)c1ccccc1. The number of carbonyl (C=O) groups is 1. The monoisotopic (exact) mass is 345 g/mol.